The minimum atomic E-state index is 0. The van der Waals surface area contributed by atoms with Crippen LogP contribution >= 0.6 is 24.0 Å². The van der Waals surface area contributed by atoms with Crippen molar-refractivity contribution in [1.82, 2.24) is 10.6 Å². The highest BCUT2D eigenvalue weighted by Crippen LogP contribution is 2.43. The molecule has 1 fully saturated rings. The Labute approximate surface area is 169 Å². The fourth-order valence-electron chi connectivity index (χ4n) is 3.18. The first-order valence-electron chi connectivity index (χ1n) is 8.69. The predicted octanol–water partition coefficient (Wildman–Crippen LogP) is 3.49. The third-order valence-electron chi connectivity index (χ3n) is 4.99. The average Bonchev–Trinajstić information content (AvgIpc) is 2.56. The van der Waals surface area contributed by atoms with E-state index < -0.39 is 0 Å². The smallest absolute Gasteiger partial charge is 0.191 e. The van der Waals surface area contributed by atoms with Crippen LogP contribution in [0.15, 0.2) is 23.2 Å². The standard InChI is InChI=1S/C19H31N3O2.HI/c1-15-6-7-16(17(12-15)24-4)13-21-18(20-2)22-14-19(8-5-9-19)10-11-23-3;/h6-7,12H,5,8-11,13-14H2,1-4H3,(H2,20,21,22);1H. The van der Waals surface area contributed by atoms with Crippen LogP contribution in [-0.2, 0) is 11.3 Å². The van der Waals surface area contributed by atoms with Gasteiger partial charge in [0.1, 0.15) is 5.75 Å². The molecule has 0 spiro atoms. The number of ether oxygens (including phenoxy) is 2. The molecule has 0 atom stereocenters. The second-order valence-electron chi connectivity index (χ2n) is 6.69. The lowest BCUT2D eigenvalue weighted by molar-refractivity contribution is 0.0732. The molecule has 1 aliphatic rings. The Kier molecular flexibility index (Phi) is 9.56. The molecule has 0 unspecified atom stereocenters. The number of rotatable bonds is 8. The van der Waals surface area contributed by atoms with E-state index >= 15 is 0 Å². The Hall–Kier alpha value is -1.02. The molecule has 0 amide bonds. The van der Waals surface area contributed by atoms with Gasteiger partial charge in [-0.05, 0) is 43.2 Å². The van der Waals surface area contributed by atoms with Gasteiger partial charge < -0.3 is 20.1 Å². The monoisotopic (exact) mass is 461 g/mol. The maximum atomic E-state index is 5.46. The lowest BCUT2D eigenvalue weighted by Crippen LogP contribution is -2.46. The van der Waals surface area contributed by atoms with Gasteiger partial charge in [0.05, 0.1) is 7.11 Å². The van der Waals surface area contributed by atoms with Gasteiger partial charge in [0.15, 0.2) is 5.96 Å². The number of benzene rings is 1. The van der Waals surface area contributed by atoms with E-state index in [2.05, 4.69) is 40.7 Å². The summed E-state index contributed by atoms with van der Waals surface area (Å²) in [6.45, 7) is 4.53. The first-order chi connectivity index (χ1) is 11.6. The van der Waals surface area contributed by atoms with Crippen molar-refractivity contribution in [3.05, 3.63) is 29.3 Å². The van der Waals surface area contributed by atoms with Gasteiger partial charge in [-0.3, -0.25) is 4.99 Å². The number of hydrogen-bond acceptors (Lipinski definition) is 3. The van der Waals surface area contributed by atoms with Crippen LogP contribution in [0.5, 0.6) is 5.75 Å². The molecule has 6 heteroatoms. The summed E-state index contributed by atoms with van der Waals surface area (Å²) in [5.74, 6) is 1.75. The molecule has 0 radical (unpaired) electrons. The number of hydrogen-bond donors (Lipinski definition) is 2. The Morgan fingerprint density at radius 3 is 2.56 bits per heavy atom. The molecule has 0 bridgehead atoms. The molecule has 0 aliphatic heterocycles. The number of nitrogens with one attached hydrogen (secondary N) is 2. The minimum Gasteiger partial charge on any atom is -0.496 e. The SMILES string of the molecule is CN=C(NCc1ccc(C)cc1OC)NCC1(CCOC)CCC1.I. The van der Waals surface area contributed by atoms with E-state index in [9.17, 15) is 0 Å². The Balaban J connectivity index is 0.00000312. The third kappa shape index (κ3) is 6.33. The summed E-state index contributed by atoms with van der Waals surface area (Å²) >= 11 is 0. The molecule has 0 aromatic heterocycles. The fourth-order valence-corrected chi connectivity index (χ4v) is 3.18. The van der Waals surface area contributed by atoms with Gasteiger partial charge in [-0.25, -0.2) is 0 Å². The van der Waals surface area contributed by atoms with Crippen molar-refractivity contribution in [2.45, 2.75) is 39.2 Å². The summed E-state index contributed by atoms with van der Waals surface area (Å²) in [5, 5.41) is 6.87. The Bertz CT molecular complexity index is 560. The van der Waals surface area contributed by atoms with Crippen LogP contribution in [0.3, 0.4) is 0 Å². The Morgan fingerprint density at radius 1 is 1.24 bits per heavy atom. The Morgan fingerprint density at radius 2 is 2.00 bits per heavy atom. The topological polar surface area (TPSA) is 54.9 Å². The molecule has 0 saturated heterocycles. The number of methoxy groups -OCH3 is 2. The number of nitrogens with zero attached hydrogens (tertiary/aromatic N) is 1. The normalized spacial score (nSPS) is 15.8. The maximum absolute atomic E-state index is 5.46. The molecule has 5 nitrogen and oxygen atoms in total. The average molecular weight is 461 g/mol. The molecule has 1 aromatic rings. The fraction of sp³-hybridized carbons (Fsp3) is 0.632. The highest BCUT2D eigenvalue weighted by molar-refractivity contribution is 14.0. The molecule has 25 heavy (non-hydrogen) atoms. The second-order valence-corrected chi connectivity index (χ2v) is 6.69. The van der Waals surface area contributed by atoms with E-state index in [0.717, 1.165) is 36.8 Å². The highest BCUT2D eigenvalue weighted by Gasteiger charge is 2.36. The van der Waals surface area contributed by atoms with Gasteiger partial charge in [-0.1, -0.05) is 18.6 Å². The molecular formula is C19H32IN3O2. The molecule has 1 saturated carbocycles. The zero-order valence-electron chi connectivity index (χ0n) is 15.9. The van der Waals surface area contributed by atoms with Crippen molar-refractivity contribution in [3.63, 3.8) is 0 Å². The van der Waals surface area contributed by atoms with Gasteiger partial charge in [-0.15, -0.1) is 24.0 Å². The van der Waals surface area contributed by atoms with Crippen molar-refractivity contribution in [3.8, 4) is 5.75 Å². The van der Waals surface area contributed by atoms with E-state index in [1.807, 2.05) is 7.05 Å². The van der Waals surface area contributed by atoms with Crippen molar-refractivity contribution < 1.29 is 9.47 Å². The van der Waals surface area contributed by atoms with Crippen LogP contribution < -0.4 is 15.4 Å². The summed E-state index contributed by atoms with van der Waals surface area (Å²) in [5.41, 5.74) is 2.70. The zero-order chi connectivity index (χ0) is 17.4. The minimum absolute atomic E-state index is 0. The van der Waals surface area contributed by atoms with Crippen molar-refractivity contribution in [2.24, 2.45) is 10.4 Å². The van der Waals surface area contributed by atoms with E-state index in [-0.39, 0.29) is 24.0 Å². The maximum Gasteiger partial charge on any atom is 0.191 e. The van der Waals surface area contributed by atoms with Crippen LogP contribution in [0, 0.1) is 12.3 Å². The van der Waals surface area contributed by atoms with E-state index in [0.29, 0.717) is 12.0 Å². The summed E-state index contributed by atoms with van der Waals surface area (Å²) in [6.07, 6.45) is 4.97. The predicted molar refractivity (Wildman–Crippen MR) is 114 cm³/mol. The zero-order valence-corrected chi connectivity index (χ0v) is 18.2. The number of halogens is 1. The van der Waals surface area contributed by atoms with Crippen molar-refractivity contribution in [2.75, 3.05) is 34.4 Å². The lowest BCUT2D eigenvalue weighted by Gasteiger charge is -2.42. The van der Waals surface area contributed by atoms with Crippen molar-refractivity contribution >= 4 is 29.9 Å². The van der Waals surface area contributed by atoms with E-state index in [4.69, 9.17) is 9.47 Å². The van der Waals surface area contributed by atoms with E-state index in [1.165, 1.54) is 24.8 Å². The molecule has 2 rings (SSSR count). The van der Waals surface area contributed by atoms with E-state index in [1.54, 1.807) is 14.2 Å². The summed E-state index contributed by atoms with van der Waals surface area (Å²) in [4.78, 5) is 4.34. The summed E-state index contributed by atoms with van der Waals surface area (Å²) in [7, 11) is 5.29. The highest BCUT2D eigenvalue weighted by atomic mass is 127. The molecule has 1 aromatic carbocycles. The summed E-state index contributed by atoms with van der Waals surface area (Å²) < 4.78 is 10.7. The van der Waals surface area contributed by atoms with Gasteiger partial charge in [0.25, 0.3) is 0 Å². The number of aryl methyl sites for hydroxylation is 1. The van der Waals surface area contributed by atoms with Gasteiger partial charge in [0.2, 0.25) is 0 Å². The second kappa shape index (κ2) is 10.9. The molecule has 2 N–H and O–H groups in total. The number of aliphatic imine (C=N–C) groups is 1. The molecule has 1 aliphatic carbocycles. The first-order valence-corrected chi connectivity index (χ1v) is 8.69. The first kappa shape index (κ1) is 22.0. The van der Waals surface area contributed by atoms with Gasteiger partial charge in [-0.2, -0.15) is 0 Å². The summed E-state index contributed by atoms with van der Waals surface area (Å²) in [6, 6.07) is 6.26. The van der Waals surface area contributed by atoms with Crippen molar-refractivity contribution in [1.29, 1.82) is 0 Å². The van der Waals surface area contributed by atoms with Crippen LogP contribution in [0.4, 0.5) is 0 Å². The quantitative estimate of drug-likeness (QED) is 0.354. The lowest BCUT2D eigenvalue weighted by atomic mass is 9.67. The van der Waals surface area contributed by atoms with Crippen LogP contribution in [0.2, 0.25) is 0 Å². The molecule has 142 valence electrons. The third-order valence-corrected chi connectivity index (χ3v) is 4.99. The van der Waals surface area contributed by atoms with Gasteiger partial charge >= 0.3 is 0 Å². The molecule has 0 heterocycles. The largest absolute Gasteiger partial charge is 0.496 e. The molecular weight excluding hydrogens is 429 g/mol. The van der Waals surface area contributed by atoms with Crippen LogP contribution in [0.1, 0.15) is 36.8 Å². The van der Waals surface area contributed by atoms with Gasteiger partial charge in [0, 0.05) is 39.4 Å². The number of guanidine groups is 1. The van der Waals surface area contributed by atoms with Crippen LogP contribution in [0.25, 0.3) is 0 Å². The van der Waals surface area contributed by atoms with Crippen LogP contribution in [-0.4, -0.2) is 40.4 Å².